The van der Waals surface area contributed by atoms with Gasteiger partial charge in [-0.25, -0.2) is 13.8 Å². The highest BCUT2D eigenvalue weighted by atomic mass is 32.2. The molecule has 2 heterocycles. The van der Waals surface area contributed by atoms with E-state index in [1.807, 2.05) is 63.2 Å². The number of alkyl carbamates (subject to hydrolysis) is 1. The summed E-state index contributed by atoms with van der Waals surface area (Å²) in [6.07, 6.45) is 0.193. The molecule has 1 amide bonds. The second kappa shape index (κ2) is 13.9. The van der Waals surface area contributed by atoms with Crippen molar-refractivity contribution in [1.82, 2.24) is 24.6 Å². The number of amides is 1. The first-order valence-corrected chi connectivity index (χ1v) is 16.0. The molecule has 3 aromatic carbocycles. The molecule has 0 saturated carbocycles. The third-order valence-corrected chi connectivity index (χ3v) is 8.59. The maximum atomic E-state index is 12.1. The molecule has 0 saturated heterocycles. The fourth-order valence-corrected chi connectivity index (χ4v) is 6.52. The van der Waals surface area contributed by atoms with E-state index in [0.717, 1.165) is 45.0 Å². The van der Waals surface area contributed by atoms with Crippen LogP contribution in [0.1, 0.15) is 68.7 Å². The minimum atomic E-state index is -0.867. The van der Waals surface area contributed by atoms with Crippen LogP contribution in [0.2, 0.25) is 0 Å². The molecule has 238 valence electrons. The second-order valence-corrected chi connectivity index (χ2v) is 13.6. The van der Waals surface area contributed by atoms with Crippen LogP contribution in [0, 0.1) is 6.92 Å². The number of nitrogens with zero attached hydrogens (tertiary/aromatic N) is 4. The molecule has 5 rings (SSSR count). The lowest BCUT2D eigenvalue weighted by atomic mass is 9.86. The van der Waals surface area contributed by atoms with E-state index in [9.17, 15) is 14.7 Å². The molecule has 0 radical (unpaired) electrons. The average molecular weight is 632 g/mol. The van der Waals surface area contributed by atoms with Gasteiger partial charge in [-0.3, -0.25) is 4.79 Å². The summed E-state index contributed by atoms with van der Waals surface area (Å²) < 4.78 is 15.5. The van der Waals surface area contributed by atoms with Gasteiger partial charge >= 0.3 is 12.1 Å². The number of hydrogen-bond acceptors (Lipinski definition) is 8. The highest BCUT2D eigenvalue weighted by molar-refractivity contribution is 7.97. The minimum Gasteiger partial charge on any atom is -0.488 e. The van der Waals surface area contributed by atoms with Crippen molar-refractivity contribution < 1.29 is 24.2 Å². The molecule has 1 aliphatic heterocycles. The van der Waals surface area contributed by atoms with Gasteiger partial charge < -0.3 is 19.9 Å². The maximum Gasteiger partial charge on any atom is 0.407 e. The molecule has 10 nitrogen and oxygen atoms in total. The number of aromatic nitrogens is 3. The van der Waals surface area contributed by atoms with Crippen LogP contribution < -0.4 is 10.1 Å². The number of carbonyl (C=O) groups is 2. The average Bonchev–Trinajstić information content (AvgIpc) is 3.29. The normalized spacial score (nSPS) is 16.0. The lowest BCUT2D eigenvalue weighted by molar-refractivity contribution is -0.137. The Balaban J connectivity index is 1.32. The zero-order valence-electron chi connectivity index (χ0n) is 26.4. The van der Waals surface area contributed by atoms with Crippen molar-refractivity contribution in [2.24, 2.45) is 0 Å². The third-order valence-electron chi connectivity index (χ3n) is 7.52. The second-order valence-electron chi connectivity index (χ2n) is 12.5. The van der Waals surface area contributed by atoms with Gasteiger partial charge in [0.15, 0.2) is 0 Å². The number of hydrogen-bond donors (Lipinski definition) is 2. The van der Waals surface area contributed by atoms with E-state index in [1.165, 1.54) is 0 Å². The zero-order chi connectivity index (χ0) is 32.1. The van der Waals surface area contributed by atoms with Crippen LogP contribution in [-0.4, -0.2) is 61.3 Å². The summed E-state index contributed by atoms with van der Waals surface area (Å²) >= 11 is 1.69. The van der Waals surface area contributed by atoms with Crippen molar-refractivity contribution in [1.29, 1.82) is 0 Å². The third kappa shape index (κ3) is 8.55. The minimum absolute atomic E-state index is 0.0331. The Morgan fingerprint density at radius 3 is 2.67 bits per heavy atom. The van der Waals surface area contributed by atoms with Crippen molar-refractivity contribution in [2.45, 2.75) is 83.1 Å². The Bertz CT molecular complexity index is 1670. The lowest BCUT2D eigenvalue weighted by Gasteiger charge is -2.23. The molecule has 0 spiro atoms. The quantitative estimate of drug-likeness (QED) is 0.148. The van der Waals surface area contributed by atoms with E-state index in [2.05, 4.69) is 52.0 Å². The van der Waals surface area contributed by atoms with E-state index in [1.54, 1.807) is 16.6 Å². The Morgan fingerprint density at radius 1 is 1.13 bits per heavy atom. The molecular formula is C34H41N5O5S. The highest BCUT2D eigenvalue weighted by Crippen LogP contribution is 2.37. The van der Waals surface area contributed by atoms with Gasteiger partial charge in [0.1, 0.15) is 23.0 Å². The number of rotatable bonds is 10. The van der Waals surface area contributed by atoms with Crippen LogP contribution >= 0.6 is 11.9 Å². The van der Waals surface area contributed by atoms with Gasteiger partial charge in [-0.05, 0) is 99.5 Å². The van der Waals surface area contributed by atoms with Gasteiger partial charge in [0, 0.05) is 32.1 Å². The monoisotopic (exact) mass is 631 g/mol. The van der Waals surface area contributed by atoms with Gasteiger partial charge in [0.05, 0.1) is 16.8 Å². The van der Waals surface area contributed by atoms with Crippen molar-refractivity contribution in [3.05, 3.63) is 82.9 Å². The summed E-state index contributed by atoms with van der Waals surface area (Å²) in [5.41, 5.74) is 5.12. The van der Waals surface area contributed by atoms with Crippen molar-refractivity contribution in [3.8, 4) is 5.75 Å². The van der Waals surface area contributed by atoms with Crippen molar-refractivity contribution in [2.75, 3.05) is 13.1 Å². The van der Waals surface area contributed by atoms with E-state index in [0.29, 0.717) is 31.6 Å². The number of carbonyl (C=O) groups excluding carboxylic acids is 1. The van der Waals surface area contributed by atoms with Gasteiger partial charge in [-0.1, -0.05) is 41.6 Å². The molecule has 1 unspecified atom stereocenters. The van der Waals surface area contributed by atoms with E-state index in [4.69, 9.17) is 9.47 Å². The molecule has 1 aliphatic rings. The van der Waals surface area contributed by atoms with Crippen LogP contribution in [0.3, 0.4) is 0 Å². The fourth-order valence-electron chi connectivity index (χ4n) is 5.41. The molecule has 0 bridgehead atoms. The topological polar surface area (TPSA) is 119 Å². The number of benzene rings is 3. The number of aliphatic carboxylic acids is 1. The largest absolute Gasteiger partial charge is 0.488 e. The predicted molar refractivity (Wildman–Crippen MR) is 174 cm³/mol. The Hall–Kier alpha value is -4.09. The molecule has 45 heavy (non-hydrogen) atoms. The number of fused-ring (bicyclic) bond motifs is 2. The SMILES string of the molecule is Cc1ccc(C(CC(=O)O)c2ccc3c(c2)nnn3CCCNC(=O)OC(C)(C)C)cc1CN1C[C@@H](C)Oc2ccccc2S1. The molecule has 2 atom stereocenters. The van der Waals surface area contributed by atoms with Crippen LogP contribution in [-0.2, 0) is 22.6 Å². The smallest absolute Gasteiger partial charge is 0.407 e. The van der Waals surface area contributed by atoms with Crippen LogP contribution in [0.4, 0.5) is 4.79 Å². The maximum absolute atomic E-state index is 12.1. The first-order valence-electron chi connectivity index (χ1n) is 15.2. The van der Waals surface area contributed by atoms with Crippen LogP contribution in [0.5, 0.6) is 5.75 Å². The summed E-state index contributed by atoms with van der Waals surface area (Å²) in [4.78, 5) is 25.1. The Morgan fingerprint density at radius 2 is 1.89 bits per heavy atom. The molecule has 1 aromatic heterocycles. The number of carboxylic acid groups (broad SMARTS) is 1. The Kier molecular flexibility index (Phi) is 9.99. The molecule has 0 aliphatic carbocycles. The number of nitrogens with one attached hydrogen (secondary N) is 1. The first-order chi connectivity index (χ1) is 21.4. The number of carboxylic acids is 1. The number of para-hydroxylation sites is 1. The summed E-state index contributed by atoms with van der Waals surface area (Å²) in [7, 11) is 0. The zero-order valence-corrected chi connectivity index (χ0v) is 27.3. The Labute approximate surface area is 268 Å². The molecule has 4 aromatic rings. The van der Waals surface area contributed by atoms with Gasteiger partial charge in [-0.15, -0.1) is 5.10 Å². The van der Waals surface area contributed by atoms with Gasteiger partial charge in [0.25, 0.3) is 0 Å². The van der Waals surface area contributed by atoms with E-state index >= 15 is 0 Å². The highest BCUT2D eigenvalue weighted by Gasteiger charge is 2.24. The van der Waals surface area contributed by atoms with Crippen molar-refractivity contribution in [3.63, 3.8) is 0 Å². The summed E-state index contributed by atoms with van der Waals surface area (Å²) in [5, 5.41) is 21.3. The van der Waals surface area contributed by atoms with Gasteiger partial charge in [0.2, 0.25) is 0 Å². The van der Waals surface area contributed by atoms with Crippen molar-refractivity contribution >= 4 is 35.0 Å². The standard InChI is InChI=1S/C34H41N5O5S/c1-22-11-12-24(17-26(22)21-38-20-23(2)43-30-9-6-7-10-31(30)45-38)27(19-32(40)41)25-13-14-29-28(18-25)36-37-39(29)16-8-15-35-33(42)44-34(3,4)5/h6-7,9-14,17-18,23,27H,8,15-16,19-21H2,1-5H3,(H,35,42)(H,40,41)/t23-,27?/m1/s1. The lowest BCUT2D eigenvalue weighted by Crippen LogP contribution is -2.33. The first kappa shape index (κ1) is 32.3. The van der Waals surface area contributed by atoms with Crippen LogP contribution in [0.15, 0.2) is 65.6 Å². The number of ether oxygens (including phenoxy) is 2. The van der Waals surface area contributed by atoms with Gasteiger partial charge in [-0.2, -0.15) is 0 Å². The summed E-state index contributed by atoms with van der Waals surface area (Å²) in [6, 6.07) is 20.2. The molecule has 0 fully saturated rings. The van der Waals surface area contributed by atoms with E-state index in [-0.39, 0.29) is 18.4 Å². The molecule has 11 heteroatoms. The van der Waals surface area contributed by atoms with E-state index < -0.39 is 17.7 Å². The predicted octanol–water partition coefficient (Wildman–Crippen LogP) is 6.55. The van der Waals surface area contributed by atoms with Crippen LogP contribution in [0.25, 0.3) is 11.0 Å². The molecule has 2 N–H and O–H groups in total. The number of aryl methyl sites for hydroxylation is 2. The fraction of sp³-hybridized carbons (Fsp3) is 0.412. The summed E-state index contributed by atoms with van der Waals surface area (Å²) in [6.45, 7) is 12.1. The molecular weight excluding hydrogens is 590 g/mol. The summed E-state index contributed by atoms with van der Waals surface area (Å²) in [5.74, 6) is -0.322.